The molecule has 0 radical (unpaired) electrons. The summed E-state index contributed by atoms with van der Waals surface area (Å²) in [6.45, 7) is 4.32. The second-order valence-electron chi connectivity index (χ2n) is 2.31. The Bertz CT molecular complexity index is 296. The first-order valence-corrected chi connectivity index (χ1v) is 4.37. The highest BCUT2D eigenvalue weighted by Gasteiger charge is 2.16. The zero-order chi connectivity index (χ0) is 9.14. The summed E-state index contributed by atoms with van der Waals surface area (Å²) in [5.41, 5.74) is 0.866. The van der Waals surface area contributed by atoms with Crippen molar-refractivity contribution in [3.63, 3.8) is 0 Å². The molecule has 66 valence electrons. The fourth-order valence-corrected chi connectivity index (χ4v) is 1.76. The van der Waals surface area contributed by atoms with E-state index in [4.69, 9.17) is 5.11 Å². The number of aromatic carboxylic acids is 1. The fraction of sp³-hybridized carbons (Fsp3) is 0.429. The van der Waals surface area contributed by atoms with Crippen molar-refractivity contribution in [3.05, 3.63) is 11.3 Å². The number of hydrogen-bond donors (Lipinski definition) is 2. The molecule has 0 amide bonds. The molecule has 4 nitrogen and oxygen atoms in total. The van der Waals surface area contributed by atoms with E-state index in [1.807, 2.05) is 6.92 Å². The number of hydrogen-bond acceptors (Lipinski definition) is 4. The van der Waals surface area contributed by atoms with Crippen molar-refractivity contribution in [1.29, 1.82) is 0 Å². The Morgan fingerprint density at radius 2 is 2.42 bits per heavy atom. The van der Waals surface area contributed by atoms with Crippen molar-refractivity contribution in [3.8, 4) is 0 Å². The monoisotopic (exact) mass is 186 g/mol. The molecule has 0 aliphatic rings. The van der Waals surface area contributed by atoms with Crippen LogP contribution in [0.1, 0.15) is 23.0 Å². The van der Waals surface area contributed by atoms with E-state index >= 15 is 0 Å². The van der Waals surface area contributed by atoms with Crippen LogP contribution in [0, 0.1) is 6.92 Å². The third-order valence-electron chi connectivity index (χ3n) is 1.41. The number of carbonyl (C=O) groups is 1. The molecule has 0 fully saturated rings. The molecule has 1 rings (SSSR count). The first-order valence-electron chi connectivity index (χ1n) is 3.60. The Balaban J connectivity index is 3.04. The van der Waals surface area contributed by atoms with Gasteiger partial charge in [0.25, 0.3) is 0 Å². The van der Waals surface area contributed by atoms with Gasteiger partial charge < -0.3 is 10.4 Å². The van der Waals surface area contributed by atoms with Gasteiger partial charge in [-0.2, -0.15) is 4.37 Å². The molecule has 0 saturated carbocycles. The number of aromatic nitrogens is 1. The minimum absolute atomic E-state index is 0.293. The van der Waals surface area contributed by atoms with Crippen molar-refractivity contribution in [2.24, 2.45) is 0 Å². The molecule has 0 aliphatic heterocycles. The van der Waals surface area contributed by atoms with Crippen molar-refractivity contribution >= 4 is 22.5 Å². The largest absolute Gasteiger partial charge is 0.478 e. The molecular formula is C7H10N2O2S. The summed E-state index contributed by atoms with van der Waals surface area (Å²) >= 11 is 1.19. The zero-order valence-corrected chi connectivity index (χ0v) is 7.73. The van der Waals surface area contributed by atoms with Gasteiger partial charge in [0.2, 0.25) is 0 Å². The van der Waals surface area contributed by atoms with Gasteiger partial charge in [0.05, 0.1) is 5.69 Å². The molecule has 0 unspecified atom stereocenters. The fourth-order valence-electron chi connectivity index (χ4n) is 0.903. The van der Waals surface area contributed by atoms with Crippen molar-refractivity contribution in [1.82, 2.24) is 4.37 Å². The number of aryl methyl sites for hydroxylation is 1. The maximum Gasteiger partial charge on any atom is 0.340 e. The van der Waals surface area contributed by atoms with E-state index in [9.17, 15) is 4.79 Å². The normalized spacial score (nSPS) is 9.83. The van der Waals surface area contributed by atoms with Crippen LogP contribution in [0.25, 0.3) is 0 Å². The van der Waals surface area contributed by atoms with Crippen LogP contribution in [0.3, 0.4) is 0 Å². The second-order valence-corrected chi connectivity index (χ2v) is 3.08. The van der Waals surface area contributed by atoms with Crippen LogP contribution in [0.15, 0.2) is 0 Å². The molecule has 1 aromatic rings. The van der Waals surface area contributed by atoms with E-state index in [0.29, 0.717) is 22.8 Å². The molecule has 0 aliphatic carbocycles. The van der Waals surface area contributed by atoms with Crippen LogP contribution in [0.2, 0.25) is 0 Å². The highest BCUT2D eigenvalue weighted by Crippen LogP contribution is 2.23. The standard InChI is InChI=1S/C7H10N2O2S/c1-3-8-6-5(7(10)11)4(2)9-12-6/h8H,3H2,1-2H3,(H,10,11). The van der Waals surface area contributed by atoms with Crippen LogP contribution < -0.4 is 5.32 Å². The highest BCUT2D eigenvalue weighted by atomic mass is 32.1. The summed E-state index contributed by atoms with van der Waals surface area (Å²) in [5, 5.41) is 12.4. The number of nitrogens with zero attached hydrogens (tertiary/aromatic N) is 1. The Labute approximate surface area is 74.4 Å². The molecule has 0 spiro atoms. The van der Waals surface area contributed by atoms with Gasteiger partial charge in [-0.25, -0.2) is 4.79 Å². The first kappa shape index (κ1) is 8.99. The molecule has 0 saturated heterocycles. The lowest BCUT2D eigenvalue weighted by Crippen LogP contribution is -2.03. The van der Waals surface area contributed by atoms with E-state index < -0.39 is 5.97 Å². The molecule has 12 heavy (non-hydrogen) atoms. The maximum atomic E-state index is 10.7. The molecule has 2 N–H and O–H groups in total. The highest BCUT2D eigenvalue weighted by molar-refractivity contribution is 7.10. The van der Waals surface area contributed by atoms with Crippen molar-refractivity contribution < 1.29 is 9.90 Å². The van der Waals surface area contributed by atoms with E-state index in [0.717, 1.165) is 0 Å². The average Bonchev–Trinajstić information content (AvgIpc) is 2.32. The summed E-state index contributed by atoms with van der Waals surface area (Å²) < 4.78 is 3.95. The van der Waals surface area contributed by atoms with Gasteiger partial charge in [-0.05, 0) is 25.4 Å². The smallest absolute Gasteiger partial charge is 0.340 e. The van der Waals surface area contributed by atoms with Gasteiger partial charge in [-0.3, -0.25) is 0 Å². The predicted octanol–water partition coefficient (Wildman–Crippen LogP) is 1.58. The van der Waals surface area contributed by atoms with Gasteiger partial charge >= 0.3 is 5.97 Å². The van der Waals surface area contributed by atoms with Gasteiger partial charge in [0.1, 0.15) is 10.6 Å². The topological polar surface area (TPSA) is 62.2 Å². The van der Waals surface area contributed by atoms with Crippen LogP contribution in [0.4, 0.5) is 5.00 Å². The SMILES string of the molecule is CCNc1snc(C)c1C(=O)O. The van der Waals surface area contributed by atoms with E-state index in [-0.39, 0.29) is 0 Å². The number of carboxylic acids is 1. The third-order valence-corrected chi connectivity index (χ3v) is 2.31. The molecule has 1 heterocycles. The summed E-state index contributed by atoms with van der Waals surface area (Å²) in [6.07, 6.45) is 0. The lowest BCUT2D eigenvalue weighted by atomic mass is 10.2. The molecule has 0 aromatic carbocycles. The minimum atomic E-state index is -0.919. The van der Waals surface area contributed by atoms with Crippen LogP contribution in [-0.2, 0) is 0 Å². The summed E-state index contributed by atoms with van der Waals surface area (Å²) in [7, 11) is 0. The van der Waals surface area contributed by atoms with Gasteiger partial charge in [-0.1, -0.05) is 0 Å². The predicted molar refractivity (Wildman–Crippen MR) is 48.0 cm³/mol. The second kappa shape index (κ2) is 3.53. The quantitative estimate of drug-likeness (QED) is 0.752. The van der Waals surface area contributed by atoms with Gasteiger partial charge in [0, 0.05) is 6.54 Å². The summed E-state index contributed by atoms with van der Waals surface area (Å²) in [5.74, 6) is -0.919. The summed E-state index contributed by atoms with van der Waals surface area (Å²) in [4.78, 5) is 10.7. The minimum Gasteiger partial charge on any atom is -0.478 e. The lowest BCUT2D eigenvalue weighted by molar-refractivity contribution is 0.0697. The van der Waals surface area contributed by atoms with Crippen LogP contribution in [-0.4, -0.2) is 22.0 Å². The molecule has 1 aromatic heterocycles. The number of nitrogens with one attached hydrogen (secondary N) is 1. The average molecular weight is 186 g/mol. The summed E-state index contributed by atoms with van der Waals surface area (Å²) in [6, 6.07) is 0. The van der Waals surface area contributed by atoms with Crippen molar-refractivity contribution in [2.45, 2.75) is 13.8 Å². The maximum absolute atomic E-state index is 10.7. The molecule has 0 atom stereocenters. The third kappa shape index (κ3) is 1.55. The number of carboxylic acid groups (broad SMARTS) is 1. The van der Waals surface area contributed by atoms with Crippen molar-refractivity contribution in [2.75, 3.05) is 11.9 Å². The molecule has 5 heteroatoms. The van der Waals surface area contributed by atoms with E-state index in [2.05, 4.69) is 9.69 Å². The molecule has 0 bridgehead atoms. The van der Waals surface area contributed by atoms with Crippen LogP contribution >= 0.6 is 11.5 Å². The Hall–Kier alpha value is -1.10. The zero-order valence-electron chi connectivity index (χ0n) is 6.92. The van der Waals surface area contributed by atoms with E-state index in [1.54, 1.807) is 6.92 Å². The Morgan fingerprint density at radius 1 is 1.75 bits per heavy atom. The Kier molecular flexibility index (Phi) is 2.65. The van der Waals surface area contributed by atoms with E-state index in [1.165, 1.54) is 11.5 Å². The van der Waals surface area contributed by atoms with Crippen LogP contribution in [0.5, 0.6) is 0 Å². The first-order chi connectivity index (χ1) is 5.66. The number of rotatable bonds is 3. The number of anilines is 1. The Morgan fingerprint density at radius 3 is 2.92 bits per heavy atom. The molecular weight excluding hydrogens is 176 g/mol. The van der Waals surface area contributed by atoms with Gasteiger partial charge in [-0.15, -0.1) is 0 Å². The van der Waals surface area contributed by atoms with Gasteiger partial charge in [0.15, 0.2) is 0 Å². The lowest BCUT2D eigenvalue weighted by Gasteiger charge is -1.99.